The molecule has 32 heavy (non-hydrogen) atoms. The molecule has 0 aliphatic rings. The summed E-state index contributed by atoms with van der Waals surface area (Å²) in [6.45, 7) is 5.48. The summed E-state index contributed by atoms with van der Waals surface area (Å²) in [5.41, 5.74) is 2.73. The Labute approximate surface area is 187 Å². The van der Waals surface area contributed by atoms with Crippen molar-refractivity contribution in [2.75, 3.05) is 16.6 Å². The third kappa shape index (κ3) is 5.53. The largest absolute Gasteiger partial charge is 0.462 e. The van der Waals surface area contributed by atoms with Crippen LogP contribution in [0.4, 0.5) is 11.4 Å². The molecular formula is C24H24N2O5S. The maximum atomic E-state index is 13.0. The first-order valence-electron chi connectivity index (χ1n) is 9.98. The van der Waals surface area contributed by atoms with Gasteiger partial charge < -0.3 is 10.1 Å². The van der Waals surface area contributed by atoms with Gasteiger partial charge in [-0.05, 0) is 74.4 Å². The molecule has 0 saturated heterocycles. The highest BCUT2D eigenvalue weighted by molar-refractivity contribution is 7.92. The van der Waals surface area contributed by atoms with Gasteiger partial charge in [0.15, 0.2) is 0 Å². The Balaban J connectivity index is 1.84. The fourth-order valence-electron chi connectivity index (χ4n) is 3.09. The van der Waals surface area contributed by atoms with Gasteiger partial charge in [0.05, 0.1) is 17.1 Å². The van der Waals surface area contributed by atoms with E-state index in [0.717, 1.165) is 5.56 Å². The van der Waals surface area contributed by atoms with Gasteiger partial charge in [0.1, 0.15) is 0 Å². The van der Waals surface area contributed by atoms with Crippen LogP contribution in [0.15, 0.2) is 71.6 Å². The van der Waals surface area contributed by atoms with E-state index in [0.29, 0.717) is 22.5 Å². The summed E-state index contributed by atoms with van der Waals surface area (Å²) in [7, 11) is -3.91. The van der Waals surface area contributed by atoms with Crippen molar-refractivity contribution in [2.45, 2.75) is 25.7 Å². The van der Waals surface area contributed by atoms with E-state index in [1.807, 2.05) is 13.0 Å². The number of amides is 1. The summed E-state index contributed by atoms with van der Waals surface area (Å²) in [5, 5.41) is 2.69. The van der Waals surface area contributed by atoms with Crippen molar-refractivity contribution in [2.24, 2.45) is 0 Å². The van der Waals surface area contributed by atoms with E-state index in [-0.39, 0.29) is 17.1 Å². The number of rotatable bonds is 7. The number of anilines is 2. The summed E-state index contributed by atoms with van der Waals surface area (Å²) >= 11 is 0. The molecule has 0 fully saturated rings. The van der Waals surface area contributed by atoms with Crippen LogP contribution in [0, 0.1) is 13.8 Å². The Morgan fingerprint density at radius 2 is 1.59 bits per heavy atom. The minimum absolute atomic E-state index is 0.00642. The first-order valence-corrected chi connectivity index (χ1v) is 11.5. The van der Waals surface area contributed by atoms with Crippen molar-refractivity contribution in [3.63, 3.8) is 0 Å². The lowest BCUT2D eigenvalue weighted by atomic mass is 10.1. The molecule has 0 spiro atoms. The van der Waals surface area contributed by atoms with E-state index < -0.39 is 21.9 Å². The zero-order valence-electron chi connectivity index (χ0n) is 18.0. The maximum Gasteiger partial charge on any atom is 0.338 e. The third-order valence-corrected chi connectivity index (χ3v) is 6.17. The molecule has 0 atom stereocenters. The number of hydrogen-bond acceptors (Lipinski definition) is 5. The number of aryl methyl sites for hydroxylation is 2. The molecule has 0 radical (unpaired) electrons. The minimum Gasteiger partial charge on any atom is -0.462 e. The Bertz CT molecular complexity index is 1270. The van der Waals surface area contributed by atoms with E-state index in [4.69, 9.17) is 4.74 Å². The summed E-state index contributed by atoms with van der Waals surface area (Å²) < 4.78 is 33.4. The molecule has 0 aliphatic carbocycles. The lowest BCUT2D eigenvalue weighted by molar-refractivity contribution is 0.0526. The van der Waals surface area contributed by atoms with Crippen LogP contribution in [-0.2, 0) is 14.8 Å². The quantitative estimate of drug-likeness (QED) is 0.513. The average Bonchev–Trinajstić information content (AvgIpc) is 2.74. The fraction of sp³-hybridized carbons (Fsp3) is 0.167. The lowest BCUT2D eigenvalue weighted by Crippen LogP contribution is -2.17. The fourth-order valence-corrected chi connectivity index (χ4v) is 4.41. The topological polar surface area (TPSA) is 102 Å². The molecule has 0 aliphatic heterocycles. The molecule has 1 amide bonds. The van der Waals surface area contributed by atoms with Crippen LogP contribution < -0.4 is 10.0 Å². The van der Waals surface area contributed by atoms with Gasteiger partial charge in [-0.3, -0.25) is 9.52 Å². The van der Waals surface area contributed by atoms with Crippen LogP contribution in [0.3, 0.4) is 0 Å². The summed E-state index contributed by atoms with van der Waals surface area (Å²) in [5.74, 6) is -0.993. The second-order valence-electron chi connectivity index (χ2n) is 7.21. The Hall–Kier alpha value is -3.65. The summed E-state index contributed by atoms with van der Waals surface area (Å²) in [4.78, 5) is 24.7. The second-order valence-corrected chi connectivity index (χ2v) is 8.86. The molecule has 0 unspecified atom stereocenters. The van der Waals surface area contributed by atoms with Crippen molar-refractivity contribution in [1.82, 2.24) is 0 Å². The molecule has 0 aromatic heterocycles. The molecule has 0 bridgehead atoms. The van der Waals surface area contributed by atoms with E-state index in [9.17, 15) is 18.0 Å². The number of ether oxygens (including phenoxy) is 1. The number of hydrogen-bond donors (Lipinski definition) is 2. The molecule has 3 aromatic rings. The highest BCUT2D eigenvalue weighted by Crippen LogP contribution is 2.22. The third-order valence-electron chi connectivity index (χ3n) is 4.64. The summed E-state index contributed by atoms with van der Waals surface area (Å²) in [6, 6.07) is 17.8. The molecule has 166 valence electrons. The highest BCUT2D eigenvalue weighted by atomic mass is 32.2. The number of carbonyl (C=O) groups is 2. The van der Waals surface area contributed by atoms with Gasteiger partial charge in [-0.15, -0.1) is 0 Å². The van der Waals surface area contributed by atoms with E-state index in [1.165, 1.54) is 12.1 Å². The number of nitrogens with one attached hydrogen (secondary N) is 2. The molecule has 3 aromatic carbocycles. The average molecular weight is 453 g/mol. The summed E-state index contributed by atoms with van der Waals surface area (Å²) in [6.07, 6.45) is 0. The van der Waals surface area contributed by atoms with Gasteiger partial charge in [0.25, 0.3) is 15.9 Å². The molecule has 0 saturated carbocycles. The molecule has 8 heteroatoms. The Morgan fingerprint density at radius 3 is 2.31 bits per heavy atom. The van der Waals surface area contributed by atoms with Gasteiger partial charge in [-0.25, -0.2) is 13.2 Å². The normalized spacial score (nSPS) is 11.0. The molecule has 3 rings (SSSR count). The molecular weight excluding hydrogens is 428 g/mol. The van der Waals surface area contributed by atoms with Crippen LogP contribution >= 0.6 is 0 Å². The van der Waals surface area contributed by atoms with Gasteiger partial charge in [0.2, 0.25) is 0 Å². The van der Waals surface area contributed by atoms with Crippen LogP contribution in [0.25, 0.3) is 0 Å². The van der Waals surface area contributed by atoms with Crippen molar-refractivity contribution in [3.05, 3.63) is 89.0 Å². The van der Waals surface area contributed by atoms with E-state index >= 15 is 0 Å². The predicted molar refractivity (Wildman–Crippen MR) is 124 cm³/mol. The first kappa shape index (κ1) is 23.0. The molecule has 0 heterocycles. The first-order chi connectivity index (χ1) is 15.2. The highest BCUT2D eigenvalue weighted by Gasteiger charge is 2.20. The monoisotopic (exact) mass is 452 g/mol. The van der Waals surface area contributed by atoms with Gasteiger partial charge >= 0.3 is 5.97 Å². The van der Waals surface area contributed by atoms with Gasteiger partial charge in [-0.1, -0.05) is 24.3 Å². The standard InChI is InChI=1S/C24H24N2O5S/c1-4-31-24(28)19-8-6-9-20(14-19)25-23(27)18-12-11-17(3)22(15-18)32(29,30)26-21-10-5-7-16(2)13-21/h5-15,26H,4H2,1-3H3,(H,25,27). The van der Waals surface area contributed by atoms with E-state index in [1.54, 1.807) is 62.4 Å². The Morgan fingerprint density at radius 1 is 0.875 bits per heavy atom. The van der Waals surface area contributed by atoms with Crippen LogP contribution in [-0.4, -0.2) is 26.9 Å². The zero-order valence-corrected chi connectivity index (χ0v) is 18.8. The van der Waals surface area contributed by atoms with E-state index in [2.05, 4.69) is 10.0 Å². The SMILES string of the molecule is CCOC(=O)c1cccc(NC(=O)c2ccc(C)c(S(=O)(=O)Nc3cccc(C)c3)c2)c1. The molecule has 7 nitrogen and oxygen atoms in total. The van der Waals surface area contributed by atoms with Crippen molar-refractivity contribution in [1.29, 1.82) is 0 Å². The number of benzene rings is 3. The van der Waals surface area contributed by atoms with Crippen molar-refractivity contribution in [3.8, 4) is 0 Å². The van der Waals surface area contributed by atoms with Crippen molar-refractivity contribution < 1.29 is 22.7 Å². The number of esters is 1. The molecule has 2 N–H and O–H groups in total. The van der Waals surface area contributed by atoms with Gasteiger partial charge in [-0.2, -0.15) is 0 Å². The predicted octanol–water partition coefficient (Wildman–Crippen LogP) is 4.53. The zero-order chi connectivity index (χ0) is 23.3. The second kappa shape index (κ2) is 9.65. The smallest absolute Gasteiger partial charge is 0.338 e. The van der Waals surface area contributed by atoms with Crippen LogP contribution in [0.2, 0.25) is 0 Å². The van der Waals surface area contributed by atoms with Gasteiger partial charge in [0, 0.05) is 16.9 Å². The van der Waals surface area contributed by atoms with Crippen molar-refractivity contribution >= 4 is 33.3 Å². The minimum atomic E-state index is -3.91. The van der Waals surface area contributed by atoms with Crippen LogP contribution in [0.5, 0.6) is 0 Å². The number of sulfonamides is 1. The Kier molecular flexibility index (Phi) is 6.95. The lowest BCUT2D eigenvalue weighted by Gasteiger charge is -2.13. The maximum absolute atomic E-state index is 13.0. The number of carbonyl (C=O) groups excluding carboxylic acids is 2. The van der Waals surface area contributed by atoms with Crippen LogP contribution in [0.1, 0.15) is 38.8 Å².